The van der Waals surface area contributed by atoms with Crippen LogP contribution in [0.25, 0.3) is 0 Å². The van der Waals surface area contributed by atoms with Crippen LogP contribution in [0.3, 0.4) is 0 Å². The lowest BCUT2D eigenvalue weighted by atomic mass is 9.86. The highest BCUT2D eigenvalue weighted by molar-refractivity contribution is 6.00. The van der Waals surface area contributed by atoms with Crippen LogP contribution in [0.1, 0.15) is 66.1 Å². The van der Waals surface area contributed by atoms with Crippen molar-refractivity contribution >= 4 is 23.4 Å². The van der Waals surface area contributed by atoms with E-state index in [4.69, 9.17) is 4.74 Å². The number of ketones is 2. The number of nitrogens with zero attached hydrogens (tertiary/aromatic N) is 1. The molecule has 0 unspecified atom stereocenters. The van der Waals surface area contributed by atoms with Crippen LogP contribution in [-0.4, -0.2) is 41.5 Å². The van der Waals surface area contributed by atoms with Crippen molar-refractivity contribution in [3.63, 3.8) is 0 Å². The first-order valence-electron chi connectivity index (χ1n) is 10.9. The Labute approximate surface area is 188 Å². The summed E-state index contributed by atoms with van der Waals surface area (Å²) in [5.74, 6) is -0.933. The third kappa shape index (κ3) is 5.31. The first-order valence-corrected chi connectivity index (χ1v) is 10.9. The molecule has 0 saturated carbocycles. The quantitative estimate of drug-likeness (QED) is 0.465. The summed E-state index contributed by atoms with van der Waals surface area (Å²) < 4.78 is 4.72. The van der Waals surface area contributed by atoms with Crippen molar-refractivity contribution < 1.29 is 23.9 Å². The van der Waals surface area contributed by atoms with Crippen molar-refractivity contribution in [2.45, 2.75) is 58.0 Å². The third-order valence-electron chi connectivity index (χ3n) is 6.09. The zero-order chi connectivity index (χ0) is 23.3. The molecule has 0 spiro atoms. The third-order valence-corrected chi connectivity index (χ3v) is 6.09. The molecule has 168 valence electrons. The van der Waals surface area contributed by atoms with E-state index in [1.54, 1.807) is 24.0 Å². The number of carbonyl (C=O) groups excluding carboxylic acids is 4. The van der Waals surface area contributed by atoms with E-state index in [1.165, 1.54) is 7.11 Å². The Morgan fingerprint density at radius 1 is 1.03 bits per heavy atom. The van der Waals surface area contributed by atoms with E-state index in [-0.39, 0.29) is 36.2 Å². The molecule has 0 radical (unpaired) electrons. The van der Waals surface area contributed by atoms with Gasteiger partial charge in [-0.15, -0.1) is 0 Å². The first-order chi connectivity index (χ1) is 15.3. The Morgan fingerprint density at radius 3 is 2.31 bits per heavy atom. The smallest absolute Gasteiger partial charge is 0.337 e. The number of Topliss-reactive ketones (excluding diaryl/α,β-unsaturated/α-hetero) is 2. The van der Waals surface area contributed by atoms with Crippen molar-refractivity contribution in [1.29, 1.82) is 0 Å². The van der Waals surface area contributed by atoms with Gasteiger partial charge in [0, 0.05) is 25.8 Å². The van der Waals surface area contributed by atoms with Crippen molar-refractivity contribution in [1.82, 2.24) is 4.90 Å². The summed E-state index contributed by atoms with van der Waals surface area (Å²) in [6.45, 7) is 4.02. The Morgan fingerprint density at radius 2 is 1.69 bits per heavy atom. The number of methoxy groups -OCH3 is 1. The Kier molecular flexibility index (Phi) is 7.57. The predicted octanol–water partition coefficient (Wildman–Crippen LogP) is 3.86. The summed E-state index contributed by atoms with van der Waals surface area (Å²) in [6.07, 6.45) is 0.839. The topological polar surface area (TPSA) is 80.8 Å². The molecular weight excluding hydrogens is 406 g/mol. The zero-order valence-electron chi connectivity index (χ0n) is 18.8. The minimum Gasteiger partial charge on any atom is -0.465 e. The maximum atomic E-state index is 13.3. The van der Waals surface area contributed by atoms with Crippen LogP contribution in [0.2, 0.25) is 0 Å². The summed E-state index contributed by atoms with van der Waals surface area (Å²) in [7, 11) is 1.33. The molecule has 0 bridgehead atoms. The number of ether oxygens (including phenoxy) is 1. The molecule has 1 aliphatic rings. The van der Waals surface area contributed by atoms with Crippen LogP contribution >= 0.6 is 0 Å². The summed E-state index contributed by atoms with van der Waals surface area (Å²) in [4.78, 5) is 51.3. The molecule has 3 rings (SSSR count). The molecule has 0 aliphatic carbocycles. The standard InChI is InChI=1S/C26H29NO5/c1-4-22(28)15-25(30)27-16-21-8-6-5-7-20(21)14-23(27)24(29)13-17(2)18-9-11-19(12-10-18)26(31)32-3/h5-12,17,23H,4,13-16H2,1-3H3/t17-,23-/m1/s1. The summed E-state index contributed by atoms with van der Waals surface area (Å²) in [5.41, 5.74) is 3.46. The highest BCUT2D eigenvalue weighted by atomic mass is 16.5. The van der Waals surface area contributed by atoms with Gasteiger partial charge in [-0.1, -0.05) is 50.2 Å². The summed E-state index contributed by atoms with van der Waals surface area (Å²) in [5, 5.41) is 0. The lowest BCUT2D eigenvalue weighted by Gasteiger charge is -2.36. The number of amides is 1. The SMILES string of the molecule is CCC(=O)CC(=O)N1Cc2ccccc2C[C@@H]1C(=O)C[C@@H](C)c1ccc(C(=O)OC)cc1. The van der Waals surface area contributed by atoms with E-state index in [1.807, 2.05) is 43.3 Å². The van der Waals surface area contributed by atoms with Crippen LogP contribution in [0, 0.1) is 0 Å². The largest absolute Gasteiger partial charge is 0.465 e. The predicted molar refractivity (Wildman–Crippen MR) is 120 cm³/mol. The Hall–Kier alpha value is -3.28. The number of esters is 1. The van der Waals surface area contributed by atoms with Crippen LogP contribution in [-0.2, 0) is 32.1 Å². The molecule has 0 N–H and O–H groups in total. The molecule has 6 nitrogen and oxygen atoms in total. The summed E-state index contributed by atoms with van der Waals surface area (Å²) in [6, 6.07) is 14.2. The lowest BCUT2D eigenvalue weighted by Crippen LogP contribution is -2.49. The maximum Gasteiger partial charge on any atom is 0.337 e. The van der Waals surface area contributed by atoms with Crippen LogP contribution in [0.15, 0.2) is 48.5 Å². The average molecular weight is 436 g/mol. The van der Waals surface area contributed by atoms with Gasteiger partial charge >= 0.3 is 5.97 Å². The van der Waals surface area contributed by atoms with Crippen LogP contribution in [0.4, 0.5) is 0 Å². The fourth-order valence-electron chi connectivity index (χ4n) is 4.09. The molecule has 0 aromatic heterocycles. The van der Waals surface area contributed by atoms with E-state index >= 15 is 0 Å². The number of hydrogen-bond acceptors (Lipinski definition) is 5. The average Bonchev–Trinajstić information content (AvgIpc) is 2.82. The number of rotatable bonds is 8. The van der Waals surface area contributed by atoms with Gasteiger partial charge < -0.3 is 9.64 Å². The van der Waals surface area contributed by atoms with E-state index < -0.39 is 12.0 Å². The molecule has 6 heteroatoms. The van der Waals surface area contributed by atoms with E-state index in [0.717, 1.165) is 16.7 Å². The first kappa shape index (κ1) is 23.4. The van der Waals surface area contributed by atoms with E-state index in [2.05, 4.69) is 0 Å². The molecule has 32 heavy (non-hydrogen) atoms. The van der Waals surface area contributed by atoms with Gasteiger partial charge in [-0.3, -0.25) is 14.4 Å². The van der Waals surface area contributed by atoms with Crippen LogP contribution < -0.4 is 0 Å². The van der Waals surface area contributed by atoms with Gasteiger partial charge in [-0.05, 0) is 34.7 Å². The van der Waals surface area contributed by atoms with Crippen molar-refractivity contribution in [3.8, 4) is 0 Å². The molecule has 0 saturated heterocycles. The van der Waals surface area contributed by atoms with E-state index in [9.17, 15) is 19.2 Å². The number of benzene rings is 2. The van der Waals surface area contributed by atoms with E-state index in [0.29, 0.717) is 24.9 Å². The van der Waals surface area contributed by atoms with Crippen molar-refractivity contribution in [2.24, 2.45) is 0 Å². The molecule has 0 fully saturated rings. The maximum absolute atomic E-state index is 13.3. The molecule has 2 aromatic rings. The molecule has 1 heterocycles. The molecular formula is C26H29NO5. The monoisotopic (exact) mass is 435 g/mol. The highest BCUT2D eigenvalue weighted by Gasteiger charge is 2.35. The molecule has 2 aromatic carbocycles. The zero-order valence-corrected chi connectivity index (χ0v) is 18.8. The van der Waals surface area contributed by atoms with Gasteiger partial charge in [0.1, 0.15) is 5.78 Å². The number of hydrogen-bond donors (Lipinski definition) is 0. The second-order valence-electron chi connectivity index (χ2n) is 8.26. The van der Waals surface area contributed by atoms with Gasteiger partial charge in [0.05, 0.1) is 25.1 Å². The van der Waals surface area contributed by atoms with Gasteiger partial charge in [-0.25, -0.2) is 4.79 Å². The Balaban J connectivity index is 1.77. The number of fused-ring (bicyclic) bond motifs is 1. The van der Waals surface area contributed by atoms with Crippen molar-refractivity contribution in [2.75, 3.05) is 7.11 Å². The van der Waals surface area contributed by atoms with Gasteiger partial charge in [0.15, 0.2) is 5.78 Å². The number of carbonyl (C=O) groups is 4. The molecule has 2 atom stereocenters. The van der Waals surface area contributed by atoms with Crippen molar-refractivity contribution in [3.05, 3.63) is 70.8 Å². The summed E-state index contributed by atoms with van der Waals surface area (Å²) >= 11 is 0. The van der Waals surface area contributed by atoms with Gasteiger partial charge in [0.25, 0.3) is 0 Å². The highest BCUT2D eigenvalue weighted by Crippen LogP contribution is 2.28. The fraction of sp³-hybridized carbons (Fsp3) is 0.385. The fourth-order valence-corrected chi connectivity index (χ4v) is 4.09. The normalized spacial score (nSPS) is 16.1. The second-order valence-corrected chi connectivity index (χ2v) is 8.26. The van der Waals surface area contributed by atoms with Crippen LogP contribution in [0.5, 0.6) is 0 Å². The van der Waals surface area contributed by atoms with Gasteiger partial charge in [-0.2, -0.15) is 0 Å². The lowest BCUT2D eigenvalue weighted by molar-refractivity contribution is -0.143. The minimum atomic E-state index is -0.584. The minimum absolute atomic E-state index is 0.0265. The Bertz CT molecular complexity index is 1010. The molecule has 1 amide bonds. The second kappa shape index (κ2) is 10.4. The molecule has 1 aliphatic heterocycles. The van der Waals surface area contributed by atoms with Gasteiger partial charge in [0.2, 0.25) is 5.91 Å².